The van der Waals surface area contributed by atoms with Crippen LogP contribution in [0.15, 0.2) is 12.4 Å². The van der Waals surface area contributed by atoms with E-state index in [-0.39, 0.29) is 0 Å². The molecule has 1 saturated heterocycles. The molecule has 0 saturated carbocycles. The average Bonchev–Trinajstić information content (AvgIpc) is 2.72. The molecule has 1 aromatic rings. The zero-order chi connectivity index (χ0) is 9.80. The van der Waals surface area contributed by atoms with Crippen LogP contribution >= 0.6 is 0 Å². The van der Waals surface area contributed by atoms with E-state index >= 15 is 0 Å². The molecule has 0 aromatic carbocycles. The van der Waals surface area contributed by atoms with Crippen molar-refractivity contribution in [2.75, 3.05) is 18.4 Å². The lowest BCUT2D eigenvalue weighted by molar-refractivity contribution is 0.779. The Balaban J connectivity index is 1.95. The zero-order valence-electron chi connectivity index (χ0n) is 8.45. The van der Waals surface area contributed by atoms with E-state index in [1.165, 1.54) is 5.56 Å². The van der Waals surface area contributed by atoms with Crippen molar-refractivity contribution in [3.05, 3.63) is 18.0 Å². The molecule has 0 amide bonds. The van der Waals surface area contributed by atoms with E-state index in [9.17, 15) is 0 Å². The lowest BCUT2D eigenvalue weighted by atomic mass is 10.2. The first-order chi connectivity index (χ1) is 6.88. The first kappa shape index (κ1) is 9.40. The first-order valence-electron chi connectivity index (χ1n) is 5.16. The van der Waals surface area contributed by atoms with E-state index < -0.39 is 0 Å². The fourth-order valence-corrected chi connectivity index (χ4v) is 1.57. The molecule has 1 aromatic heterocycles. The molecule has 0 spiro atoms. The molecule has 1 atom stereocenters. The Morgan fingerprint density at radius 2 is 2.29 bits per heavy atom. The zero-order valence-corrected chi connectivity index (χ0v) is 8.45. The Morgan fingerprint density at radius 1 is 1.50 bits per heavy atom. The highest BCUT2D eigenvalue weighted by atomic mass is 15.1. The molecule has 1 fully saturated rings. The minimum atomic E-state index is 0.488. The van der Waals surface area contributed by atoms with Gasteiger partial charge in [-0.05, 0) is 24.9 Å². The first-order valence-corrected chi connectivity index (χ1v) is 5.16. The molecule has 76 valence electrons. The highest BCUT2D eigenvalue weighted by molar-refractivity contribution is 5.27. The van der Waals surface area contributed by atoms with Gasteiger partial charge in [0.2, 0.25) is 5.95 Å². The minimum Gasteiger partial charge on any atom is -0.350 e. The number of aromatic nitrogens is 2. The van der Waals surface area contributed by atoms with Gasteiger partial charge < -0.3 is 10.6 Å². The molecule has 14 heavy (non-hydrogen) atoms. The standard InChI is InChI=1S/C10H16N4/c1-2-8-5-12-10(13-6-8)14-9-3-4-11-7-9/h5-6,9,11H,2-4,7H2,1H3,(H,12,13,14). The predicted octanol–water partition coefficient (Wildman–Crippen LogP) is 0.813. The number of nitrogens with zero attached hydrogens (tertiary/aromatic N) is 2. The number of hydrogen-bond acceptors (Lipinski definition) is 4. The Morgan fingerprint density at radius 3 is 2.86 bits per heavy atom. The number of aryl methyl sites for hydroxylation is 1. The molecular weight excluding hydrogens is 176 g/mol. The predicted molar refractivity (Wildman–Crippen MR) is 56.3 cm³/mol. The fourth-order valence-electron chi connectivity index (χ4n) is 1.57. The molecule has 2 heterocycles. The molecule has 4 heteroatoms. The number of hydrogen-bond donors (Lipinski definition) is 2. The summed E-state index contributed by atoms with van der Waals surface area (Å²) in [6.07, 6.45) is 5.92. The summed E-state index contributed by atoms with van der Waals surface area (Å²) < 4.78 is 0. The summed E-state index contributed by atoms with van der Waals surface area (Å²) >= 11 is 0. The van der Waals surface area contributed by atoms with Crippen LogP contribution in [0.2, 0.25) is 0 Å². The average molecular weight is 192 g/mol. The van der Waals surface area contributed by atoms with Gasteiger partial charge in [0.05, 0.1) is 0 Å². The Bertz CT molecular complexity index is 277. The molecular formula is C10H16N4. The Hall–Kier alpha value is -1.16. The summed E-state index contributed by atoms with van der Waals surface area (Å²) in [6, 6.07) is 0.488. The van der Waals surface area contributed by atoms with Gasteiger partial charge in [-0.2, -0.15) is 0 Å². The topological polar surface area (TPSA) is 49.8 Å². The van der Waals surface area contributed by atoms with Crippen molar-refractivity contribution in [1.29, 1.82) is 0 Å². The van der Waals surface area contributed by atoms with Crippen molar-refractivity contribution in [2.45, 2.75) is 25.8 Å². The monoisotopic (exact) mass is 192 g/mol. The second-order valence-electron chi connectivity index (χ2n) is 3.60. The van der Waals surface area contributed by atoms with Crippen LogP contribution in [0.3, 0.4) is 0 Å². The van der Waals surface area contributed by atoms with Gasteiger partial charge in [0.1, 0.15) is 0 Å². The van der Waals surface area contributed by atoms with Gasteiger partial charge in [0, 0.05) is 25.0 Å². The summed E-state index contributed by atoms with van der Waals surface area (Å²) in [5, 5.41) is 6.60. The van der Waals surface area contributed by atoms with Gasteiger partial charge in [0.15, 0.2) is 0 Å². The highest BCUT2D eigenvalue weighted by Gasteiger charge is 2.14. The molecule has 0 radical (unpaired) electrons. The quantitative estimate of drug-likeness (QED) is 0.744. The van der Waals surface area contributed by atoms with Crippen LogP contribution in [0.4, 0.5) is 5.95 Å². The lowest BCUT2D eigenvalue weighted by Crippen LogP contribution is -2.23. The second-order valence-corrected chi connectivity index (χ2v) is 3.60. The minimum absolute atomic E-state index is 0.488. The fraction of sp³-hybridized carbons (Fsp3) is 0.600. The summed E-state index contributed by atoms with van der Waals surface area (Å²) in [5.41, 5.74) is 1.18. The molecule has 4 nitrogen and oxygen atoms in total. The Labute approximate surface area is 84.2 Å². The van der Waals surface area contributed by atoms with Crippen molar-refractivity contribution < 1.29 is 0 Å². The summed E-state index contributed by atoms with van der Waals surface area (Å²) in [4.78, 5) is 8.53. The van der Waals surface area contributed by atoms with Gasteiger partial charge in [-0.3, -0.25) is 0 Å². The smallest absolute Gasteiger partial charge is 0.222 e. The molecule has 1 aliphatic rings. The van der Waals surface area contributed by atoms with E-state index in [1.807, 2.05) is 12.4 Å². The van der Waals surface area contributed by atoms with Gasteiger partial charge in [-0.1, -0.05) is 6.92 Å². The van der Waals surface area contributed by atoms with Crippen LogP contribution in [0.5, 0.6) is 0 Å². The molecule has 0 aliphatic carbocycles. The number of rotatable bonds is 3. The molecule has 1 aliphatic heterocycles. The summed E-state index contributed by atoms with van der Waals surface area (Å²) in [6.45, 7) is 4.20. The van der Waals surface area contributed by atoms with Crippen molar-refractivity contribution in [1.82, 2.24) is 15.3 Å². The van der Waals surface area contributed by atoms with Crippen LogP contribution in [0.1, 0.15) is 18.9 Å². The van der Waals surface area contributed by atoms with Crippen LogP contribution in [-0.4, -0.2) is 29.1 Å². The third-order valence-corrected chi connectivity index (χ3v) is 2.51. The van der Waals surface area contributed by atoms with E-state index in [2.05, 4.69) is 27.5 Å². The van der Waals surface area contributed by atoms with Crippen molar-refractivity contribution in [2.24, 2.45) is 0 Å². The van der Waals surface area contributed by atoms with Crippen LogP contribution in [0.25, 0.3) is 0 Å². The maximum atomic E-state index is 4.26. The highest BCUT2D eigenvalue weighted by Crippen LogP contribution is 2.06. The van der Waals surface area contributed by atoms with Crippen molar-refractivity contribution >= 4 is 5.95 Å². The normalized spacial score (nSPS) is 21.1. The van der Waals surface area contributed by atoms with Crippen molar-refractivity contribution in [3.8, 4) is 0 Å². The van der Waals surface area contributed by atoms with Gasteiger partial charge in [0.25, 0.3) is 0 Å². The SMILES string of the molecule is CCc1cnc(NC2CCNC2)nc1. The van der Waals surface area contributed by atoms with Crippen LogP contribution in [0, 0.1) is 0 Å². The Kier molecular flexibility index (Phi) is 2.93. The third-order valence-electron chi connectivity index (χ3n) is 2.51. The largest absolute Gasteiger partial charge is 0.350 e. The third kappa shape index (κ3) is 2.20. The second kappa shape index (κ2) is 4.37. The molecule has 2 N–H and O–H groups in total. The maximum absolute atomic E-state index is 4.26. The van der Waals surface area contributed by atoms with Crippen LogP contribution in [-0.2, 0) is 6.42 Å². The lowest BCUT2D eigenvalue weighted by Gasteiger charge is -2.10. The van der Waals surface area contributed by atoms with Gasteiger partial charge in [-0.15, -0.1) is 0 Å². The van der Waals surface area contributed by atoms with E-state index in [0.29, 0.717) is 6.04 Å². The van der Waals surface area contributed by atoms with Gasteiger partial charge in [-0.25, -0.2) is 9.97 Å². The molecule has 2 rings (SSSR count). The number of anilines is 1. The van der Waals surface area contributed by atoms with E-state index in [4.69, 9.17) is 0 Å². The number of nitrogens with one attached hydrogen (secondary N) is 2. The molecule has 1 unspecified atom stereocenters. The van der Waals surface area contributed by atoms with E-state index in [0.717, 1.165) is 31.9 Å². The summed E-state index contributed by atoms with van der Waals surface area (Å²) in [7, 11) is 0. The summed E-state index contributed by atoms with van der Waals surface area (Å²) in [5.74, 6) is 0.746. The van der Waals surface area contributed by atoms with E-state index in [1.54, 1.807) is 0 Å². The molecule has 0 bridgehead atoms. The van der Waals surface area contributed by atoms with Crippen molar-refractivity contribution in [3.63, 3.8) is 0 Å². The maximum Gasteiger partial charge on any atom is 0.222 e. The van der Waals surface area contributed by atoms with Crippen LogP contribution < -0.4 is 10.6 Å². The van der Waals surface area contributed by atoms with Gasteiger partial charge >= 0.3 is 0 Å².